The van der Waals surface area contributed by atoms with E-state index in [-0.39, 0.29) is 0 Å². The van der Waals surface area contributed by atoms with Crippen LogP contribution in [0, 0.1) is 0 Å². The van der Waals surface area contributed by atoms with E-state index < -0.39 is 0 Å². The minimum absolute atomic E-state index is 0.334. The number of anilines is 1. The predicted octanol–water partition coefficient (Wildman–Crippen LogP) is 2.17. The van der Waals surface area contributed by atoms with E-state index in [4.69, 9.17) is 10.5 Å². The van der Waals surface area contributed by atoms with Gasteiger partial charge in [0, 0.05) is 4.47 Å². The lowest BCUT2D eigenvalue weighted by molar-refractivity contribution is 0.401. The van der Waals surface area contributed by atoms with E-state index in [9.17, 15) is 0 Å². The summed E-state index contributed by atoms with van der Waals surface area (Å²) in [5.41, 5.74) is 8.00. The maximum absolute atomic E-state index is 5.99. The van der Waals surface area contributed by atoms with Crippen LogP contribution in [0.4, 0.5) is 5.95 Å². The molecule has 0 fully saturated rings. The molecule has 2 N–H and O–H groups in total. The Labute approximate surface area is 117 Å². The summed E-state index contributed by atoms with van der Waals surface area (Å²) in [7, 11) is 1.54. The van der Waals surface area contributed by atoms with Gasteiger partial charge < -0.3 is 10.5 Å². The van der Waals surface area contributed by atoms with Crippen molar-refractivity contribution in [2.45, 2.75) is 0 Å². The lowest BCUT2D eigenvalue weighted by Gasteiger charge is -2.07. The highest BCUT2D eigenvalue weighted by atomic mass is 79.9. The van der Waals surface area contributed by atoms with Gasteiger partial charge in [0.1, 0.15) is 6.33 Å². The molecule has 0 aliphatic heterocycles. The molecular formula is C12H10BrN5O. The third kappa shape index (κ3) is 1.82. The minimum atomic E-state index is 0.334. The van der Waals surface area contributed by atoms with Crippen molar-refractivity contribution >= 4 is 33.0 Å². The molecule has 3 rings (SSSR count). The van der Waals surface area contributed by atoms with Gasteiger partial charge in [-0.15, -0.1) is 0 Å². The Kier molecular flexibility index (Phi) is 2.83. The number of rotatable bonds is 2. The fourth-order valence-electron chi connectivity index (χ4n) is 1.91. The molecule has 0 saturated heterocycles. The molecule has 0 radical (unpaired) electrons. The molecule has 0 spiro atoms. The number of benzene rings is 1. The van der Waals surface area contributed by atoms with E-state index in [1.807, 2.05) is 24.3 Å². The molecule has 2 heterocycles. The Morgan fingerprint density at radius 1 is 1.26 bits per heavy atom. The first-order valence-electron chi connectivity index (χ1n) is 5.50. The molecule has 0 saturated carbocycles. The first-order chi connectivity index (χ1) is 9.22. The molecule has 1 aromatic carbocycles. The van der Waals surface area contributed by atoms with Gasteiger partial charge in [-0.2, -0.15) is 4.98 Å². The average molecular weight is 320 g/mol. The molecule has 0 aliphatic carbocycles. The lowest BCUT2D eigenvalue weighted by atomic mass is 10.3. The van der Waals surface area contributed by atoms with Crippen molar-refractivity contribution in [2.24, 2.45) is 0 Å². The van der Waals surface area contributed by atoms with Crippen LogP contribution in [0.3, 0.4) is 0 Å². The monoisotopic (exact) mass is 319 g/mol. The van der Waals surface area contributed by atoms with Crippen LogP contribution in [0.1, 0.15) is 0 Å². The Morgan fingerprint density at radius 2 is 2.05 bits per heavy atom. The number of nitrogen functional groups attached to an aromatic ring is 1. The van der Waals surface area contributed by atoms with E-state index in [0.29, 0.717) is 23.0 Å². The molecule has 0 aliphatic rings. The molecule has 0 bridgehead atoms. The lowest BCUT2D eigenvalue weighted by Crippen LogP contribution is -2.02. The number of ether oxygens (including phenoxy) is 1. The Hall–Kier alpha value is -2.15. The first kappa shape index (κ1) is 11.9. The molecule has 6 nitrogen and oxygen atoms in total. The molecule has 0 atom stereocenters. The normalized spacial score (nSPS) is 10.8. The summed E-state index contributed by atoms with van der Waals surface area (Å²) in [6.07, 6.45) is 1.43. The summed E-state index contributed by atoms with van der Waals surface area (Å²) in [6, 6.07) is 7.71. The molecular weight excluding hydrogens is 310 g/mol. The summed E-state index contributed by atoms with van der Waals surface area (Å²) in [5, 5.41) is 0. The molecule has 96 valence electrons. The number of halogens is 1. The largest absolute Gasteiger partial charge is 0.479 e. The van der Waals surface area contributed by atoms with Crippen LogP contribution in [0.15, 0.2) is 35.1 Å². The number of imidazole rings is 1. The number of nitrogens with two attached hydrogens (primary N) is 1. The first-order valence-corrected chi connectivity index (χ1v) is 6.29. The Bertz CT molecular complexity index is 755. The van der Waals surface area contributed by atoms with Crippen molar-refractivity contribution in [1.29, 1.82) is 0 Å². The fraction of sp³-hybridized carbons (Fsp3) is 0.0833. The number of nitrogens with zero attached hydrogens (tertiary/aromatic N) is 4. The number of fused-ring (bicyclic) bond motifs is 1. The van der Waals surface area contributed by atoms with E-state index >= 15 is 0 Å². The van der Waals surface area contributed by atoms with Crippen molar-refractivity contribution in [3.63, 3.8) is 0 Å². The van der Waals surface area contributed by atoms with Crippen LogP contribution >= 0.6 is 15.9 Å². The predicted molar refractivity (Wildman–Crippen MR) is 75.3 cm³/mol. The van der Waals surface area contributed by atoms with E-state index in [2.05, 4.69) is 30.9 Å². The van der Waals surface area contributed by atoms with Crippen molar-refractivity contribution < 1.29 is 4.74 Å². The highest BCUT2D eigenvalue weighted by molar-refractivity contribution is 9.10. The van der Waals surface area contributed by atoms with Gasteiger partial charge in [-0.05, 0) is 28.1 Å². The zero-order valence-corrected chi connectivity index (χ0v) is 11.6. The van der Waals surface area contributed by atoms with Gasteiger partial charge in [-0.25, -0.2) is 9.97 Å². The third-order valence-electron chi connectivity index (χ3n) is 2.72. The van der Waals surface area contributed by atoms with Gasteiger partial charge in [0.25, 0.3) is 0 Å². The quantitative estimate of drug-likeness (QED) is 0.783. The number of aromatic nitrogens is 4. The second-order valence-electron chi connectivity index (χ2n) is 3.81. The molecule has 19 heavy (non-hydrogen) atoms. The number of para-hydroxylation sites is 1. The van der Waals surface area contributed by atoms with Crippen LogP contribution in [-0.2, 0) is 0 Å². The molecule has 0 unspecified atom stereocenters. The fourth-order valence-corrected chi connectivity index (χ4v) is 2.37. The van der Waals surface area contributed by atoms with Crippen molar-refractivity contribution in [3.8, 4) is 11.6 Å². The second-order valence-corrected chi connectivity index (χ2v) is 4.67. The van der Waals surface area contributed by atoms with Crippen molar-refractivity contribution in [1.82, 2.24) is 19.5 Å². The van der Waals surface area contributed by atoms with Crippen molar-refractivity contribution in [2.75, 3.05) is 12.8 Å². The van der Waals surface area contributed by atoms with E-state index in [1.165, 1.54) is 13.4 Å². The van der Waals surface area contributed by atoms with E-state index in [0.717, 1.165) is 10.2 Å². The smallest absolute Gasteiger partial charge is 0.245 e. The van der Waals surface area contributed by atoms with Crippen LogP contribution in [0.25, 0.3) is 16.9 Å². The highest BCUT2D eigenvalue weighted by Gasteiger charge is 2.16. The van der Waals surface area contributed by atoms with Gasteiger partial charge in [0.2, 0.25) is 11.8 Å². The summed E-state index contributed by atoms with van der Waals surface area (Å²) >= 11 is 3.49. The zero-order chi connectivity index (χ0) is 13.4. The highest BCUT2D eigenvalue weighted by Crippen LogP contribution is 2.29. The van der Waals surface area contributed by atoms with Crippen LogP contribution in [0.2, 0.25) is 0 Å². The van der Waals surface area contributed by atoms with Crippen LogP contribution in [-0.4, -0.2) is 26.6 Å². The Balaban J connectivity index is 2.36. The summed E-state index contributed by atoms with van der Waals surface area (Å²) < 4.78 is 7.82. The van der Waals surface area contributed by atoms with Crippen LogP contribution < -0.4 is 10.5 Å². The molecule has 0 amide bonds. The molecule has 3 aromatic rings. The number of hydrogen-bond acceptors (Lipinski definition) is 5. The van der Waals surface area contributed by atoms with E-state index in [1.54, 1.807) is 4.57 Å². The summed E-state index contributed by atoms with van der Waals surface area (Å²) in [6.45, 7) is 0. The van der Waals surface area contributed by atoms with Crippen molar-refractivity contribution in [3.05, 3.63) is 35.1 Å². The SMILES string of the molecule is COc1ncnc2c1nc(N)n2-c1ccccc1Br. The summed E-state index contributed by atoms with van der Waals surface area (Å²) in [4.78, 5) is 12.5. The topological polar surface area (TPSA) is 78.8 Å². The van der Waals surface area contributed by atoms with Crippen LogP contribution in [0.5, 0.6) is 5.88 Å². The average Bonchev–Trinajstić information content (AvgIpc) is 2.75. The van der Waals surface area contributed by atoms with Gasteiger partial charge in [-0.1, -0.05) is 12.1 Å². The van der Waals surface area contributed by atoms with Gasteiger partial charge in [-0.3, -0.25) is 4.57 Å². The molecule has 7 heteroatoms. The standard InChI is InChI=1S/C12H10BrN5O/c1-19-11-9-10(15-6-16-11)18(12(14)17-9)8-5-3-2-4-7(8)13/h2-6H,1H3,(H2,14,17). The molecule has 2 aromatic heterocycles. The maximum Gasteiger partial charge on any atom is 0.245 e. The zero-order valence-electron chi connectivity index (χ0n) is 10.0. The number of hydrogen-bond donors (Lipinski definition) is 1. The summed E-state index contributed by atoms with van der Waals surface area (Å²) in [5.74, 6) is 0.739. The maximum atomic E-state index is 5.99. The Morgan fingerprint density at radius 3 is 2.79 bits per heavy atom. The third-order valence-corrected chi connectivity index (χ3v) is 3.39. The van der Waals surface area contributed by atoms with Gasteiger partial charge in [0.15, 0.2) is 11.2 Å². The van der Waals surface area contributed by atoms with Gasteiger partial charge in [0.05, 0.1) is 12.8 Å². The van der Waals surface area contributed by atoms with Gasteiger partial charge >= 0.3 is 0 Å². The number of methoxy groups -OCH3 is 1. The second kappa shape index (κ2) is 4.51. The minimum Gasteiger partial charge on any atom is -0.479 e.